The Labute approximate surface area is 124 Å². The summed E-state index contributed by atoms with van der Waals surface area (Å²) in [6.45, 7) is 2.49. The number of anilines is 1. The van der Waals surface area contributed by atoms with Gasteiger partial charge in [0.1, 0.15) is 4.90 Å². The standard InChI is InChI=1S/C12H20N4O4S/c1-9(6-7-15(2)3)14-21(19,20)12-5-4-10(16(17)18)8-11(12)13/h4-5,8-9,14H,6-7,13H2,1-3H3. The summed E-state index contributed by atoms with van der Waals surface area (Å²) < 4.78 is 26.9. The average Bonchev–Trinajstić information content (AvgIpc) is 2.35. The van der Waals surface area contributed by atoms with Gasteiger partial charge in [-0.2, -0.15) is 0 Å². The van der Waals surface area contributed by atoms with Crippen LogP contribution in [-0.4, -0.2) is 44.9 Å². The topological polar surface area (TPSA) is 119 Å². The number of nitro groups is 1. The molecule has 1 aromatic carbocycles. The van der Waals surface area contributed by atoms with Gasteiger partial charge < -0.3 is 10.6 Å². The number of nitrogens with one attached hydrogen (secondary N) is 1. The van der Waals surface area contributed by atoms with E-state index in [9.17, 15) is 18.5 Å². The lowest BCUT2D eigenvalue weighted by molar-refractivity contribution is -0.384. The van der Waals surface area contributed by atoms with Crippen LogP contribution in [0.3, 0.4) is 0 Å². The van der Waals surface area contributed by atoms with Crippen molar-refractivity contribution in [3.05, 3.63) is 28.3 Å². The highest BCUT2D eigenvalue weighted by Gasteiger charge is 2.22. The third kappa shape index (κ3) is 4.96. The molecule has 1 aromatic rings. The second-order valence-electron chi connectivity index (χ2n) is 5.09. The van der Waals surface area contributed by atoms with E-state index < -0.39 is 14.9 Å². The fourth-order valence-electron chi connectivity index (χ4n) is 1.73. The largest absolute Gasteiger partial charge is 0.397 e. The molecule has 0 spiro atoms. The van der Waals surface area contributed by atoms with Gasteiger partial charge in [0.2, 0.25) is 10.0 Å². The van der Waals surface area contributed by atoms with Crippen molar-refractivity contribution in [2.24, 2.45) is 0 Å². The van der Waals surface area contributed by atoms with Gasteiger partial charge in [-0.25, -0.2) is 13.1 Å². The zero-order valence-electron chi connectivity index (χ0n) is 12.2. The van der Waals surface area contributed by atoms with Crippen molar-refractivity contribution in [1.29, 1.82) is 0 Å². The molecule has 0 fully saturated rings. The molecular formula is C12H20N4O4S. The number of hydrogen-bond acceptors (Lipinski definition) is 6. The maximum absolute atomic E-state index is 12.2. The monoisotopic (exact) mass is 316 g/mol. The average molecular weight is 316 g/mol. The van der Waals surface area contributed by atoms with Crippen LogP contribution >= 0.6 is 0 Å². The third-order valence-electron chi connectivity index (χ3n) is 2.86. The van der Waals surface area contributed by atoms with Crippen LogP contribution < -0.4 is 10.5 Å². The Morgan fingerprint density at radius 1 is 1.43 bits per heavy atom. The lowest BCUT2D eigenvalue weighted by Crippen LogP contribution is -2.35. The molecule has 118 valence electrons. The SMILES string of the molecule is CC(CCN(C)C)NS(=O)(=O)c1ccc([N+](=O)[O-])cc1N. The molecule has 1 unspecified atom stereocenters. The van der Waals surface area contributed by atoms with Crippen molar-refractivity contribution < 1.29 is 13.3 Å². The Hall–Kier alpha value is -1.71. The van der Waals surface area contributed by atoms with E-state index in [1.165, 1.54) is 0 Å². The fraction of sp³-hybridized carbons (Fsp3) is 0.500. The Bertz CT molecular complexity index is 616. The number of non-ortho nitro benzene ring substituents is 1. The van der Waals surface area contributed by atoms with Crippen molar-refractivity contribution in [2.75, 3.05) is 26.4 Å². The molecule has 0 saturated carbocycles. The van der Waals surface area contributed by atoms with Crippen LogP contribution in [0.5, 0.6) is 0 Å². The van der Waals surface area contributed by atoms with Gasteiger partial charge in [0.15, 0.2) is 0 Å². The molecule has 0 saturated heterocycles. The van der Waals surface area contributed by atoms with Crippen molar-refractivity contribution in [3.63, 3.8) is 0 Å². The molecule has 0 aliphatic heterocycles. The van der Waals surface area contributed by atoms with Gasteiger partial charge in [0.25, 0.3) is 5.69 Å². The van der Waals surface area contributed by atoms with Crippen molar-refractivity contribution >= 4 is 21.4 Å². The quantitative estimate of drug-likeness (QED) is 0.436. The summed E-state index contributed by atoms with van der Waals surface area (Å²) in [5.74, 6) is 0. The van der Waals surface area contributed by atoms with Crippen LogP contribution in [0.1, 0.15) is 13.3 Å². The molecule has 0 radical (unpaired) electrons. The van der Waals surface area contributed by atoms with Crippen LogP contribution in [0.4, 0.5) is 11.4 Å². The highest BCUT2D eigenvalue weighted by atomic mass is 32.2. The number of sulfonamides is 1. The summed E-state index contributed by atoms with van der Waals surface area (Å²) in [5.41, 5.74) is 5.23. The Morgan fingerprint density at radius 2 is 2.05 bits per heavy atom. The minimum absolute atomic E-state index is 0.142. The summed E-state index contributed by atoms with van der Waals surface area (Å²) in [5, 5.41) is 10.6. The summed E-state index contributed by atoms with van der Waals surface area (Å²) in [4.78, 5) is 11.8. The van der Waals surface area contributed by atoms with Gasteiger partial charge >= 0.3 is 0 Å². The molecule has 0 heterocycles. The molecule has 9 heteroatoms. The van der Waals surface area contributed by atoms with Crippen molar-refractivity contribution in [2.45, 2.75) is 24.3 Å². The van der Waals surface area contributed by atoms with E-state index in [-0.39, 0.29) is 22.3 Å². The van der Waals surface area contributed by atoms with E-state index in [1.54, 1.807) is 6.92 Å². The second kappa shape index (κ2) is 6.83. The van der Waals surface area contributed by atoms with Gasteiger partial charge in [-0.3, -0.25) is 10.1 Å². The number of nitrogens with zero attached hydrogens (tertiary/aromatic N) is 2. The van der Waals surface area contributed by atoms with Gasteiger partial charge in [-0.05, 0) is 40.1 Å². The molecule has 1 atom stereocenters. The van der Waals surface area contributed by atoms with E-state index in [0.29, 0.717) is 6.42 Å². The number of nitrogen functional groups attached to an aromatic ring is 1. The predicted molar refractivity (Wildman–Crippen MR) is 80.5 cm³/mol. The molecule has 0 amide bonds. The first-order chi connectivity index (χ1) is 9.63. The lowest BCUT2D eigenvalue weighted by atomic mass is 10.2. The molecule has 0 aromatic heterocycles. The van der Waals surface area contributed by atoms with Gasteiger partial charge in [0, 0.05) is 18.2 Å². The number of rotatable bonds is 7. The van der Waals surface area contributed by atoms with Crippen LogP contribution in [-0.2, 0) is 10.0 Å². The minimum atomic E-state index is -3.80. The van der Waals surface area contributed by atoms with Gasteiger partial charge in [-0.15, -0.1) is 0 Å². The van der Waals surface area contributed by atoms with Crippen LogP contribution in [0.2, 0.25) is 0 Å². The molecule has 0 bridgehead atoms. The van der Waals surface area contributed by atoms with E-state index >= 15 is 0 Å². The first-order valence-electron chi connectivity index (χ1n) is 6.34. The smallest absolute Gasteiger partial charge is 0.271 e. The normalized spacial score (nSPS) is 13.3. The third-order valence-corrected chi connectivity index (χ3v) is 4.52. The van der Waals surface area contributed by atoms with Crippen LogP contribution in [0.25, 0.3) is 0 Å². The van der Waals surface area contributed by atoms with Gasteiger partial charge in [0.05, 0.1) is 10.6 Å². The fourth-order valence-corrected chi connectivity index (χ4v) is 3.12. The highest BCUT2D eigenvalue weighted by Crippen LogP contribution is 2.23. The summed E-state index contributed by atoms with van der Waals surface area (Å²) >= 11 is 0. The van der Waals surface area contributed by atoms with Crippen molar-refractivity contribution in [3.8, 4) is 0 Å². The zero-order valence-corrected chi connectivity index (χ0v) is 13.1. The second-order valence-corrected chi connectivity index (χ2v) is 6.78. The van der Waals surface area contributed by atoms with Crippen LogP contribution in [0.15, 0.2) is 23.1 Å². The predicted octanol–water partition coefficient (Wildman–Crippen LogP) is 0.796. The Balaban J connectivity index is 2.90. The maximum Gasteiger partial charge on any atom is 0.271 e. The molecule has 21 heavy (non-hydrogen) atoms. The zero-order chi connectivity index (χ0) is 16.2. The van der Waals surface area contributed by atoms with Gasteiger partial charge in [-0.1, -0.05) is 0 Å². The molecule has 0 aliphatic carbocycles. The molecule has 8 nitrogen and oxygen atoms in total. The maximum atomic E-state index is 12.2. The number of benzene rings is 1. The molecule has 3 N–H and O–H groups in total. The van der Waals surface area contributed by atoms with E-state index in [2.05, 4.69) is 4.72 Å². The Morgan fingerprint density at radius 3 is 2.52 bits per heavy atom. The van der Waals surface area contributed by atoms with E-state index in [0.717, 1.165) is 24.7 Å². The summed E-state index contributed by atoms with van der Waals surface area (Å²) in [6.07, 6.45) is 0.638. The first kappa shape index (κ1) is 17.3. The lowest BCUT2D eigenvalue weighted by Gasteiger charge is -2.17. The summed E-state index contributed by atoms with van der Waals surface area (Å²) in [7, 11) is 0.0000374. The van der Waals surface area contributed by atoms with Crippen LogP contribution in [0, 0.1) is 10.1 Å². The number of hydrogen-bond donors (Lipinski definition) is 2. The molecular weight excluding hydrogens is 296 g/mol. The minimum Gasteiger partial charge on any atom is -0.397 e. The first-order valence-corrected chi connectivity index (χ1v) is 7.83. The van der Waals surface area contributed by atoms with E-state index in [1.807, 2.05) is 19.0 Å². The summed E-state index contributed by atoms with van der Waals surface area (Å²) in [6, 6.07) is 3.04. The van der Waals surface area contributed by atoms with Crippen molar-refractivity contribution in [1.82, 2.24) is 9.62 Å². The molecule has 0 aliphatic rings. The molecule has 1 rings (SSSR count). The number of nitro benzene ring substituents is 1. The number of nitrogens with two attached hydrogens (primary N) is 1. The highest BCUT2D eigenvalue weighted by molar-refractivity contribution is 7.89. The van der Waals surface area contributed by atoms with E-state index in [4.69, 9.17) is 5.73 Å². The Kier molecular flexibility index (Phi) is 5.64.